The Hall–Kier alpha value is -0.610. The van der Waals surface area contributed by atoms with Crippen LogP contribution in [0.1, 0.15) is 41.5 Å². The average molecular weight is 244 g/mol. The van der Waals surface area contributed by atoms with E-state index in [0.717, 1.165) is 0 Å². The first kappa shape index (κ1) is 16.4. The minimum atomic E-state index is -0.897. The third-order valence-corrected chi connectivity index (χ3v) is 3.30. The molecule has 0 aromatic heterocycles. The van der Waals surface area contributed by atoms with E-state index in [0.29, 0.717) is 18.5 Å². The van der Waals surface area contributed by atoms with Crippen molar-refractivity contribution in [3.05, 3.63) is 0 Å². The predicted octanol–water partition coefficient (Wildman–Crippen LogP) is 1.80. The molecule has 0 saturated carbocycles. The Kier molecular flexibility index (Phi) is 6.13. The van der Waals surface area contributed by atoms with Crippen LogP contribution in [-0.2, 0) is 4.79 Å². The van der Waals surface area contributed by atoms with E-state index < -0.39 is 11.5 Å². The molecule has 0 aliphatic rings. The van der Waals surface area contributed by atoms with Crippen molar-refractivity contribution in [2.24, 2.45) is 5.92 Å². The minimum absolute atomic E-state index is 0.152. The quantitative estimate of drug-likeness (QED) is 0.717. The number of hydrogen-bond donors (Lipinski definition) is 2. The summed E-state index contributed by atoms with van der Waals surface area (Å²) in [5.74, 6) is -0.286. The van der Waals surface area contributed by atoms with Gasteiger partial charge in [-0.05, 0) is 40.7 Å². The molecule has 0 bridgehead atoms. The summed E-state index contributed by atoms with van der Waals surface area (Å²) in [6.07, 6.45) is 0. The van der Waals surface area contributed by atoms with Gasteiger partial charge in [0.1, 0.15) is 5.54 Å². The molecule has 0 radical (unpaired) electrons. The Bertz CT molecular complexity index is 254. The number of carbonyl (C=O) groups is 1. The largest absolute Gasteiger partial charge is 0.480 e. The van der Waals surface area contributed by atoms with Crippen LogP contribution < -0.4 is 5.32 Å². The summed E-state index contributed by atoms with van der Waals surface area (Å²) in [5, 5.41) is 12.5. The van der Waals surface area contributed by atoms with Crippen LogP contribution in [0, 0.1) is 5.92 Å². The number of likely N-dealkylation sites (N-methyl/N-ethyl adjacent to an activating group) is 1. The number of nitrogens with one attached hydrogen (secondary N) is 1. The maximum Gasteiger partial charge on any atom is 0.324 e. The molecule has 0 fully saturated rings. The summed E-state index contributed by atoms with van der Waals surface area (Å²) in [6, 6.07) is 0.515. The van der Waals surface area contributed by atoms with Crippen LogP contribution in [0.5, 0.6) is 0 Å². The molecular weight excluding hydrogens is 216 g/mol. The molecule has 0 heterocycles. The fourth-order valence-electron chi connectivity index (χ4n) is 1.96. The second-order valence-electron chi connectivity index (χ2n) is 5.84. The van der Waals surface area contributed by atoms with Crippen molar-refractivity contribution in [3.63, 3.8) is 0 Å². The summed E-state index contributed by atoms with van der Waals surface area (Å²) < 4.78 is 0. The Morgan fingerprint density at radius 2 is 1.76 bits per heavy atom. The van der Waals surface area contributed by atoms with E-state index in [1.54, 1.807) is 6.92 Å². The zero-order valence-electron chi connectivity index (χ0n) is 12.2. The Morgan fingerprint density at radius 1 is 1.29 bits per heavy atom. The van der Waals surface area contributed by atoms with Crippen LogP contribution in [0.25, 0.3) is 0 Å². The number of carboxylic acids is 1. The maximum absolute atomic E-state index is 11.4. The molecule has 0 rings (SSSR count). The van der Waals surface area contributed by atoms with Crippen LogP contribution in [0.3, 0.4) is 0 Å². The van der Waals surface area contributed by atoms with Gasteiger partial charge in [0.2, 0.25) is 0 Å². The Balaban J connectivity index is 4.71. The first-order chi connectivity index (χ1) is 7.60. The van der Waals surface area contributed by atoms with Crippen LogP contribution >= 0.6 is 0 Å². The van der Waals surface area contributed by atoms with E-state index in [1.165, 1.54) is 0 Å². The molecule has 2 N–H and O–H groups in total. The van der Waals surface area contributed by atoms with Gasteiger partial charge in [0.05, 0.1) is 0 Å². The van der Waals surface area contributed by atoms with Gasteiger partial charge in [-0.2, -0.15) is 0 Å². The molecule has 4 nitrogen and oxygen atoms in total. The first-order valence-corrected chi connectivity index (χ1v) is 6.31. The van der Waals surface area contributed by atoms with Crippen molar-refractivity contribution in [2.75, 3.05) is 13.6 Å². The lowest BCUT2D eigenvalue weighted by molar-refractivity contribution is -0.145. The van der Waals surface area contributed by atoms with E-state index >= 15 is 0 Å². The molecule has 0 aliphatic carbocycles. The van der Waals surface area contributed by atoms with Gasteiger partial charge in [-0.25, -0.2) is 0 Å². The summed E-state index contributed by atoms with van der Waals surface area (Å²) in [5.41, 5.74) is -0.897. The van der Waals surface area contributed by atoms with E-state index in [4.69, 9.17) is 0 Å². The number of hydrogen-bond acceptors (Lipinski definition) is 3. The second-order valence-corrected chi connectivity index (χ2v) is 5.84. The lowest BCUT2D eigenvalue weighted by atomic mass is 9.97. The molecule has 4 heteroatoms. The molecule has 0 amide bonds. The molecule has 0 aromatic carbocycles. The lowest BCUT2D eigenvalue weighted by Gasteiger charge is -2.36. The van der Waals surface area contributed by atoms with E-state index in [9.17, 15) is 9.90 Å². The van der Waals surface area contributed by atoms with Crippen molar-refractivity contribution in [1.82, 2.24) is 10.2 Å². The highest BCUT2D eigenvalue weighted by molar-refractivity contribution is 5.78. The highest BCUT2D eigenvalue weighted by atomic mass is 16.4. The Labute approximate surface area is 105 Å². The highest BCUT2D eigenvalue weighted by Gasteiger charge is 2.35. The zero-order valence-corrected chi connectivity index (χ0v) is 12.2. The topological polar surface area (TPSA) is 52.6 Å². The van der Waals surface area contributed by atoms with Gasteiger partial charge in [-0.3, -0.25) is 10.1 Å². The summed E-state index contributed by atoms with van der Waals surface area (Å²) >= 11 is 0. The molecule has 102 valence electrons. The van der Waals surface area contributed by atoms with Gasteiger partial charge in [-0.1, -0.05) is 13.8 Å². The zero-order chi connectivity index (χ0) is 13.8. The second kappa shape index (κ2) is 6.36. The highest BCUT2D eigenvalue weighted by Crippen LogP contribution is 2.14. The minimum Gasteiger partial charge on any atom is -0.480 e. The summed E-state index contributed by atoms with van der Waals surface area (Å²) in [6.45, 7) is 12.6. The third kappa shape index (κ3) is 5.04. The lowest BCUT2D eigenvalue weighted by Crippen LogP contribution is -2.59. The number of carboxylic acid groups (broad SMARTS) is 1. The first-order valence-electron chi connectivity index (χ1n) is 6.31. The number of aliphatic carboxylic acids is 1. The van der Waals surface area contributed by atoms with Gasteiger partial charge < -0.3 is 10.0 Å². The molecule has 2 unspecified atom stereocenters. The average Bonchev–Trinajstić information content (AvgIpc) is 2.14. The summed E-state index contributed by atoms with van der Waals surface area (Å²) in [4.78, 5) is 13.5. The van der Waals surface area contributed by atoms with Crippen LogP contribution in [0.4, 0.5) is 0 Å². The van der Waals surface area contributed by atoms with Crippen LogP contribution in [0.15, 0.2) is 0 Å². The maximum atomic E-state index is 11.4. The molecule has 0 aliphatic heterocycles. The van der Waals surface area contributed by atoms with E-state index in [1.807, 2.05) is 20.9 Å². The SMILES string of the molecule is CC(C)NC(C)(CN(C)C(C)C(C)C)C(=O)O. The van der Waals surface area contributed by atoms with Crippen molar-refractivity contribution in [1.29, 1.82) is 0 Å². The normalized spacial score (nSPS) is 17.5. The third-order valence-electron chi connectivity index (χ3n) is 3.30. The fourth-order valence-corrected chi connectivity index (χ4v) is 1.96. The van der Waals surface area contributed by atoms with Gasteiger partial charge in [-0.15, -0.1) is 0 Å². The number of rotatable bonds is 7. The van der Waals surface area contributed by atoms with Crippen molar-refractivity contribution in [3.8, 4) is 0 Å². The smallest absolute Gasteiger partial charge is 0.324 e. The van der Waals surface area contributed by atoms with Gasteiger partial charge >= 0.3 is 5.97 Å². The molecule has 17 heavy (non-hydrogen) atoms. The molecular formula is C13H28N2O2. The molecule has 0 spiro atoms. The monoisotopic (exact) mass is 244 g/mol. The van der Waals surface area contributed by atoms with Crippen molar-refractivity contribution >= 4 is 5.97 Å². The van der Waals surface area contributed by atoms with Gasteiger partial charge in [0, 0.05) is 18.6 Å². The van der Waals surface area contributed by atoms with Crippen LogP contribution in [0.2, 0.25) is 0 Å². The molecule has 2 atom stereocenters. The molecule has 0 saturated heterocycles. The van der Waals surface area contributed by atoms with E-state index in [-0.39, 0.29) is 6.04 Å². The van der Waals surface area contributed by atoms with Crippen molar-refractivity contribution in [2.45, 2.75) is 59.2 Å². The predicted molar refractivity (Wildman–Crippen MR) is 71.2 cm³/mol. The van der Waals surface area contributed by atoms with Gasteiger partial charge in [0.25, 0.3) is 0 Å². The Morgan fingerprint density at radius 3 is 2.06 bits per heavy atom. The van der Waals surface area contributed by atoms with Gasteiger partial charge in [0.15, 0.2) is 0 Å². The number of nitrogens with zero attached hydrogens (tertiary/aromatic N) is 1. The van der Waals surface area contributed by atoms with Crippen molar-refractivity contribution < 1.29 is 9.90 Å². The standard InChI is InChI=1S/C13H28N2O2/c1-9(2)11(5)15(7)8-13(6,12(16)17)14-10(3)4/h9-11,14H,8H2,1-7H3,(H,16,17). The van der Waals surface area contributed by atoms with E-state index in [2.05, 4.69) is 31.0 Å². The summed E-state index contributed by atoms with van der Waals surface area (Å²) in [7, 11) is 1.98. The molecule has 0 aromatic rings. The van der Waals surface area contributed by atoms with Crippen LogP contribution in [-0.4, -0.2) is 47.2 Å². The fraction of sp³-hybridized carbons (Fsp3) is 0.923.